The van der Waals surface area contributed by atoms with Crippen LogP contribution in [0.15, 0.2) is 102 Å². The smallest absolute Gasteiger partial charge is 0.196 e. The van der Waals surface area contributed by atoms with Crippen molar-refractivity contribution in [2.45, 2.75) is 10.9 Å². The summed E-state index contributed by atoms with van der Waals surface area (Å²) in [5.74, 6) is 1.20. The van der Waals surface area contributed by atoms with E-state index in [1.165, 1.54) is 28.5 Å². The highest BCUT2D eigenvalue weighted by atomic mass is 32.2. The number of hydrogen-bond acceptors (Lipinski definition) is 3. The zero-order chi connectivity index (χ0) is 20.3. The van der Waals surface area contributed by atoms with Crippen LogP contribution in [-0.4, -0.2) is 14.8 Å². The van der Waals surface area contributed by atoms with E-state index in [0.29, 0.717) is 5.82 Å². The fraction of sp³-hybridized carbons (Fsp3) is 0.0400. The summed E-state index contributed by atoms with van der Waals surface area (Å²) in [5.41, 5.74) is 3.05. The predicted octanol–water partition coefficient (Wildman–Crippen LogP) is 6.52. The van der Waals surface area contributed by atoms with Crippen LogP contribution in [-0.2, 0) is 5.75 Å². The molecular weight excluding hydrogens is 393 g/mol. The van der Waals surface area contributed by atoms with Crippen LogP contribution in [0.1, 0.15) is 5.56 Å². The summed E-state index contributed by atoms with van der Waals surface area (Å²) in [6.07, 6.45) is 0. The van der Waals surface area contributed by atoms with Crippen molar-refractivity contribution in [2.24, 2.45) is 0 Å². The highest BCUT2D eigenvalue weighted by Gasteiger charge is 2.16. The molecule has 0 aliphatic carbocycles. The number of hydrogen-bond donors (Lipinski definition) is 0. The van der Waals surface area contributed by atoms with E-state index < -0.39 is 0 Å². The Labute approximate surface area is 178 Å². The molecule has 0 aliphatic heterocycles. The molecule has 1 heterocycles. The van der Waals surface area contributed by atoms with Crippen molar-refractivity contribution in [3.63, 3.8) is 0 Å². The number of nitrogens with zero attached hydrogens (tertiary/aromatic N) is 3. The molecule has 5 heteroatoms. The van der Waals surface area contributed by atoms with Gasteiger partial charge >= 0.3 is 0 Å². The van der Waals surface area contributed by atoms with Gasteiger partial charge in [0.1, 0.15) is 5.82 Å². The van der Waals surface area contributed by atoms with E-state index >= 15 is 0 Å². The second-order valence-electron chi connectivity index (χ2n) is 6.91. The monoisotopic (exact) mass is 411 g/mol. The van der Waals surface area contributed by atoms with Gasteiger partial charge in [0, 0.05) is 17.0 Å². The number of thioether (sulfide) groups is 1. The van der Waals surface area contributed by atoms with Crippen LogP contribution in [0.3, 0.4) is 0 Å². The van der Waals surface area contributed by atoms with Gasteiger partial charge in [-0.1, -0.05) is 72.4 Å². The SMILES string of the molecule is Fc1ccc(-c2nnc(SCc3cccc4ccccc34)n2-c2ccccc2)cc1. The molecule has 0 radical (unpaired) electrons. The first-order valence-electron chi connectivity index (χ1n) is 9.66. The third-order valence-electron chi connectivity index (χ3n) is 4.99. The zero-order valence-electron chi connectivity index (χ0n) is 16.1. The molecule has 0 unspecified atom stereocenters. The Morgan fingerprint density at radius 2 is 1.47 bits per heavy atom. The quantitative estimate of drug-likeness (QED) is 0.309. The van der Waals surface area contributed by atoms with Gasteiger partial charge in [-0.05, 0) is 52.7 Å². The maximum atomic E-state index is 13.4. The third kappa shape index (κ3) is 3.60. The summed E-state index contributed by atoms with van der Waals surface area (Å²) in [7, 11) is 0. The first-order valence-corrected chi connectivity index (χ1v) is 10.6. The summed E-state index contributed by atoms with van der Waals surface area (Å²) in [4.78, 5) is 0. The Hall–Kier alpha value is -3.44. The number of fused-ring (bicyclic) bond motifs is 1. The number of halogens is 1. The summed E-state index contributed by atoms with van der Waals surface area (Å²) >= 11 is 1.64. The summed E-state index contributed by atoms with van der Waals surface area (Å²) in [5, 5.41) is 12.2. The maximum absolute atomic E-state index is 13.4. The molecule has 1 aromatic heterocycles. The average Bonchev–Trinajstić information content (AvgIpc) is 3.22. The van der Waals surface area contributed by atoms with Crippen LogP contribution in [0.4, 0.5) is 4.39 Å². The van der Waals surface area contributed by atoms with Crippen LogP contribution in [0.5, 0.6) is 0 Å². The van der Waals surface area contributed by atoms with E-state index in [9.17, 15) is 4.39 Å². The van der Waals surface area contributed by atoms with Gasteiger partial charge in [0.25, 0.3) is 0 Å². The fourth-order valence-electron chi connectivity index (χ4n) is 3.52. The summed E-state index contributed by atoms with van der Waals surface area (Å²) < 4.78 is 15.5. The Kier molecular flexibility index (Phi) is 5.03. The standard InChI is InChI=1S/C25H18FN3S/c26-21-15-13-19(14-16-21)24-27-28-25(29(24)22-10-2-1-3-11-22)30-17-20-9-6-8-18-7-4-5-12-23(18)20/h1-16H,17H2. The van der Waals surface area contributed by atoms with E-state index in [2.05, 4.69) is 52.7 Å². The molecule has 5 aromatic rings. The molecule has 3 nitrogen and oxygen atoms in total. The van der Waals surface area contributed by atoms with Gasteiger partial charge in [-0.2, -0.15) is 0 Å². The van der Waals surface area contributed by atoms with Crippen molar-refractivity contribution in [3.8, 4) is 17.1 Å². The van der Waals surface area contributed by atoms with Gasteiger partial charge in [0.2, 0.25) is 0 Å². The summed E-state index contributed by atoms with van der Waals surface area (Å²) in [6.45, 7) is 0. The molecule has 146 valence electrons. The largest absolute Gasteiger partial charge is 0.270 e. The van der Waals surface area contributed by atoms with E-state index in [1.54, 1.807) is 23.9 Å². The second-order valence-corrected chi connectivity index (χ2v) is 7.85. The minimum absolute atomic E-state index is 0.268. The van der Waals surface area contributed by atoms with Gasteiger partial charge in [0.05, 0.1) is 0 Å². The van der Waals surface area contributed by atoms with Crippen LogP contribution >= 0.6 is 11.8 Å². The number of benzene rings is 4. The molecule has 0 saturated heterocycles. The van der Waals surface area contributed by atoms with Gasteiger partial charge in [-0.25, -0.2) is 4.39 Å². The predicted molar refractivity (Wildman–Crippen MR) is 120 cm³/mol. The Morgan fingerprint density at radius 3 is 2.30 bits per heavy atom. The Balaban J connectivity index is 1.54. The topological polar surface area (TPSA) is 30.7 Å². The molecule has 0 atom stereocenters. The van der Waals surface area contributed by atoms with Crippen molar-refractivity contribution < 1.29 is 4.39 Å². The lowest BCUT2D eigenvalue weighted by atomic mass is 10.1. The molecule has 0 saturated carbocycles. The normalized spacial score (nSPS) is 11.1. The lowest BCUT2D eigenvalue weighted by Gasteiger charge is -2.11. The van der Waals surface area contributed by atoms with Crippen LogP contribution in [0.25, 0.3) is 27.8 Å². The van der Waals surface area contributed by atoms with Gasteiger partial charge in [-0.3, -0.25) is 4.57 Å². The van der Waals surface area contributed by atoms with E-state index in [0.717, 1.165) is 22.2 Å². The van der Waals surface area contributed by atoms with E-state index in [-0.39, 0.29) is 5.82 Å². The van der Waals surface area contributed by atoms with Crippen LogP contribution < -0.4 is 0 Å². The Bertz CT molecular complexity index is 1290. The molecule has 0 spiro atoms. The van der Waals surface area contributed by atoms with Gasteiger partial charge < -0.3 is 0 Å². The van der Waals surface area contributed by atoms with Crippen LogP contribution in [0.2, 0.25) is 0 Å². The van der Waals surface area contributed by atoms with Crippen molar-refractivity contribution in [3.05, 3.63) is 108 Å². The molecule has 0 N–H and O–H groups in total. The van der Waals surface area contributed by atoms with Crippen molar-refractivity contribution in [1.82, 2.24) is 14.8 Å². The van der Waals surface area contributed by atoms with Crippen molar-refractivity contribution in [2.75, 3.05) is 0 Å². The molecule has 0 aliphatic rings. The minimum Gasteiger partial charge on any atom is -0.270 e. The molecule has 4 aromatic carbocycles. The number of aromatic nitrogens is 3. The highest BCUT2D eigenvalue weighted by molar-refractivity contribution is 7.98. The Morgan fingerprint density at radius 1 is 0.733 bits per heavy atom. The number of rotatable bonds is 5. The minimum atomic E-state index is -0.268. The van der Waals surface area contributed by atoms with E-state index in [1.807, 2.05) is 34.9 Å². The molecular formula is C25H18FN3S. The molecule has 0 amide bonds. The molecule has 0 fully saturated rings. The van der Waals surface area contributed by atoms with Gasteiger partial charge in [0.15, 0.2) is 11.0 Å². The lowest BCUT2D eigenvalue weighted by molar-refractivity contribution is 0.628. The first kappa shape index (κ1) is 18.6. The fourth-order valence-corrected chi connectivity index (χ4v) is 4.48. The highest BCUT2D eigenvalue weighted by Crippen LogP contribution is 2.31. The number of para-hydroxylation sites is 1. The van der Waals surface area contributed by atoms with Crippen molar-refractivity contribution in [1.29, 1.82) is 0 Å². The zero-order valence-corrected chi connectivity index (χ0v) is 16.9. The van der Waals surface area contributed by atoms with Gasteiger partial charge in [-0.15, -0.1) is 10.2 Å². The van der Waals surface area contributed by atoms with Crippen LogP contribution in [0, 0.1) is 5.82 Å². The van der Waals surface area contributed by atoms with E-state index in [4.69, 9.17) is 0 Å². The maximum Gasteiger partial charge on any atom is 0.196 e. The third-order valence-corrected chi connectivity index (χ3v) is 5.96. The molecule has 5 rings (SSSR count). The average molecular weight is 412 g/mol. The molecule has 0 bridgehead atoms. The summed E-state index contributed by atoms with van der Waals surface area (Å²) in [6, 6.07) is 31.1. The molecule has 30 heavy (non-hydrogen) atoms. The first-order chi connectivity index (χ1) is 14.8. The lowest BCUT2D eigenvalue weighted by Crippen LogP contribution is -1.99. The van der Waals surface area contributed by atoms with Crippen molar-refractivity contribution >= 4 is 22.5 Å². The second kappa shape index (κ2) is 8.13.